The van der Waals surface area contributed by atoms with Crippen LogP contribution in [0.5, 0.6) is 0 Å². The minimum atomic E-state index is -0.536. The number of hydrogen-bond acceptors (Lipinski definition) is 4. The van der Waals surface area contributed by atoms with Crippen LogP contribution >= 0.6 is 0 Å². The molecule has 0 atom stereocenters. The van der Waals surface area contributed by atoms with Crippen LogP contribution in [0.1, 0.15) is 21.5 Å². The molecule has 0 spiro atoms. The zero-order valence-electron chi connectivity index (χ0n) is 10.7. The number of aryl methyl sites for hydroxylation is 2. The highest BCUT2D eigenvalue weighted by Gasteiger charge is 2.09. The van der Waals surface area contributed by atoms with Crippen LogP contribution in [0.3, 0.4) is 0 Å². The van der Waals surface area contributed by atoms with E-state index in [0.29, 0.717) is 18.4 Å². The first-order valence-corrected chi connectivity index (χ1v) is 6.05. The van der Waals surface area contributed by atoms with Crippen LogP contribution in [0.2, 0.25) is 0 Å². The van der Waals surface area contributed by atoms with Crippen LogP contribution < -0.4 is 5.73 Å². The molecule has 1 aromatic carbocycles. The number of carbonyl (C=O) groups is 1. The maximum absolute atomic E-state index is 11.3. The molecule has 0 saturated carbocycles. The van der Waals surface area contributed by atoms with Gasteiger partial charge >= 0.3 is 5.82 Å². The third-order valence-corrected chi connectivity index (χ3v) is 2.96. The normalized spacial score (nSPS) is 10.2. The predicted molar refractivity (Wildman–Crippen MR) is 73.3 cm³/mol. The molecule has 1 amide bonds. The Morgan fingerprint density at radius 1 is 1.20 bits per heavy atom. The lowest BCUT2D eigenvalue weighted by molar-refractivity contribution is -0.389. The van der Waals surface area contributed by atoms with Crippen LogP contribution in [0, 0.1) is 10.1 Å². The summed E-state index contributed by atoms with van der Waals surface area (Å²) in [4.78, 5) is 25.0. The van der Waals surface area contributed by atoms with Crippen molar-refractivity contribution in [3.05, 3.63) is 69.4 Å². The number of carbonyl (C=O) groups excluding carboxylic acids is 1. The second-order valence-electron chi connectivity index (χ2n) is 4.30. The van der Waals surface area contributed by atoms with Gasteiger partial charge in [-0.05, 0) is 46.0 Å². The molecule has 1 aromatic heterocycles. The molecule has 1 heterocycles. The molecule has 6 nitrogen and oxygen atoms in total. The van der Waals surface area contributed by atoms with Crippen LogP contribution in [-0.4, -0.2) is 15.8 Å². The fourth-order valence-electron chi connectivity index (χ4n) is 1.93. The van der Waals surface area contributed by atoms with E-state index >= 15 is 0 Å². The molecule has 0 aliphatic carbocycles. The Kier molecular flexibility index (Phi) is 4.05. The van der Waals surface area contributed by atoms with Gasteiger partial charge in [-0.25, -0.2) is 0 Å². The molecule has 0 bridgehead atoms. The van der Waals surface area contributed by atoms with Crippen molar-refractivity contribution in [2.24, 2.45) is 5.73 Å². The Bertz CT molecular complexity index is 638. The van der Waals surface area contributed by atoms with Gasteiger partial charge in [0.1, 0.15) is 6.20 Å². The monoisotopic (exact) mass is 271 g/mol. The van der Waals surface area contributed by atoms with Gasteiger partial charge in [0.05, 0.1) is 0 Å². The number of amides is 1. The van der Waals surface area contributed by atoms with E-state index in [1.54, 1.807) is 18.2 Å². The number of primary amides is 1. The van der Waals surface area contributed by atoms with E-state index in [4.69, 9.17) is 5.73 Å². The maximum Gasteiger partial charge on any atom is 0.363 e. The lowest BCUT2D eigenvalue weighted by Gasteiger charge is -2.05. The summed E-state index contributed by atoms with van der Waals surface area (Å²) in [5.41, 5.74) is 7.54. The van der Waals surface area contributed by atoms with Crippen molar-refractivity contribution >= 4 is 11.7 Å². The minimum Gasteiger partial charge on any atom is -0.366 e. The van der Waals surface area contributed by atoms with Gasteiger partial charge in [0.2, 0.25) is 5.91 Å². The van der Waals surface area contributed by atoms with Gasteiger partial charge in [-0.1, -0.05) is 18.2 Å². The fourth-order valence-corrected chi connectivity index (χ4v) is 1.93. The zero-order valence-corrected chi connectivity index (χ0v) is 10.7. The van der Waals surface area contributed by atoms with Crippen molar-refractivity contribution in [1.29, 1.82) is 0 Å². The van der Waals surface area contributed by atoms with Gasteiger partial charge in [0, 0.05) is 11.6 Å². The summed E-state index contributed by atoms with van der Waals surface area (Å²) in [5.74, 6) is -0.631. The number of hydrogen-bond donors (Lipinski definition) is 1. The molecule has 0 saturated heterocycles. The standard InChI is InChI=1S/C14H13N3O3/c15-14(18)12-4-2-1-3-11(12)7-5-10-6-8-13(16-9-10)17(19)20/h1-4,6,8-9H,5,7H2,(H2,15,18). The van der Waals surface area contributed by atoms with Crippen LogP contribution in [0.4, 0.5) is 5.82 Å². The molecule has 2 N–H and O–H groups in total. The van der Waals surface area contributed by atoms with Gasteiger partial charge in [-0.15, -0.1) is 0 Å². The number of rotatable bonds is 5. The third-order valence-electron chi connectivity index (χ3n) is 2.96. The molecule has 20 heavy (non-hydrogen) atoms. The van der Waals surface area contributed by atoms with E-state index in [0.717, 1.165) is 11.1 Å². The molecular formula is C14H13N3O3. The molecule has 0 aliphatic rings. The average Bonchev–Trinajstić information content (AvgIpc) is 2.45. The van der Waals surface area contributed by atoms with Crippen LogP contribution in [0.15, 0.2) is 42.6 Å². The second-order valence-corrected chi connectivity index (χ2v) is 4.30. The quantitative estimate of drug-likeness (QED) is 0.662. The third kappa shape index (κ3) is 3.17. The number of aromatic nitrogens is 1. The summed E-state index contributed by atoms with van der Waals surface area (Å²) in [6.45, 7) is 0. The first-order valence-electron chi connectivity index (χ1n) is 6.05. The number of nitro groups is 1. The first-order chi connectivity index (χ1) is 9.58. The van der Waals surface area contributed by atoms with E-state index in [-0.39, 0.29) is 5.82 Å². The number of pyridine rings is 1. The van der Waals surface area contributed by atoms with Crippen molar-refractivity contribution in [3.8, 4) is 0 Å². The van der Waals surface area contributed by atoms with E-state index in [9.17, 15) is 14.9 Å². The van der Waals surface area contributed by atoms with Crippen molar-refractivity contribution in [2.75, 3.05) is 0 Å². The number of benzene rings is 1. The number of nitrogens with two attached hydrogens (primary N) is 1. The Labute approximate surface area is 115 Å². The van der Waals surface area contributed by atoms with E-state index in [1.165, 1.54) is 12.3 Å². The molecule has 2 rings (SSSR count). The van der Waals surface area contributed by atoms with Crippen LogP contribution in [0.25, 0.3) is 0 Å². The summed E-state index contributed by atoms with van der Waals surface area (Å²) in [6.07, 6.45) is 2.74. The van der Waals surface area contributed by atoms with Gasteiger partial charge in [0.15, 0.2) is 0 Å². The highest BCUT2D eigenvalue weighted by atomic mass is 16.6. The highest BCUT2D eigenvalue weighted by Crippen LogP contribution is 2.13. The van der Waals surface area contributed by atoms with Gasteiger partial charge in [0.25, 0.3) is 0 Å². The van der Waals surface area contributed by atoms with Crippen molar-refractivity contribution < 1.29 is 9.72 Å². The van der Waals surface area contributed by atoms with Crippen molar-refractivity contribution in [2.45, 2.75) is 12.8 Å². The SMILES string of the molecule is NC(=O)c1ccccc1CCc1ccc([N+](=O)[O-])nc1. The van der Waals surface area contributed by atoms with E-state index in [1.807, 2.05) is 12.1 Å². The van der Waals surface area contributed by atoms with Crippen molar-refractivity contribution in [1.82, 2.24) is 4.98 Å². The lowest BCUT2D eigenvalue weighted by atomic mass is 10.0. The highest BCUT2D eigenvalue weighted by molar-refractivity contribution is 5.94. The zero-order chi connectivity index (χ0) is 14.5. The largest absolute Gasteiger partial charge is 0.366 e. The van der Waals surface area contributed by atoms with E-state index < -0.39 is 10.8 Å². The molecule has 0 aliphatic heterocycles. The molecule has 0 unspecified atom stereocenters. The van der Waals surface area contributed by atoms with Gasteiger partial charge in [-0.2, -0.15) is 0 Å². The van der Waals surface area contributed by atoms with E-state index in [2.05, 4.69) is 4.98 Å². The second kappa shape index (κ2) is 5.92. The van der Waals surface area contributed by atoms with Gasteiger partial charge in [-0.3, -0.25) is 4.79 Å². The predicted octanol–water partition coefficient (Wildman–Crippen LogP) is 1.87. The molecule has 102 valence electrons. The Hall–Kier alpha value is -2.76. The smallest absolute Gasteiger partial charge is 0.363 e. The minimum absolute atomic E-state index is 0.175. The average molecular weight is 271 g/mol. The fraction of sp³-hybridized carbons (Fsp3) is 0.143. The van der Waals surface area contributed by atoms with Crippen molar-refractivity contribution in [3.63, 3.8) is 0 Å². The summed E-state index contributed by atoms with van der Waals surface area (Å²) < 4.78 is 0. The summed E-state index contributed by atoms with van der Waals surface area (Å²) >= 11 is 0. The molecule has 0 radical (unpaired) electrons. The Balaban J connectivity index is 2.09. The molecule has 2 aromatic rings. The van der Waals surface area contributed by atoms with Crippen LogP contribution in [-0.2, 0) is 12.8 Å². The van der Waals surface area contributed by atoms with Gasteiger partial charge < -0.3 is 15.8 Å². The topological polar surface area (TPSA) is 99.1 Å². The Morgan fingerprint density at radius 3 is 2.55 bits per heavy atom. The summed E-state index contributed by atoms with van der Waals surface area (Å²) in [7, 11) is 0. The molecular weight excluding hydrogens is 258 g/mol. The summed E-state index contributed by atoms with van der Waals surface area (Å²) in [6, 6.07) is 10.2. The Morgan fingerprint density at radius 2 is 1.95 bits per heavy atom. The lowest BCUT2D eigenvalue weighted by Crippen LogP contribution is -2.14. The first kappa shape index (κ1) is 13.7. The molecule has 0 fully saturated rings. The number of nitrogens with zero attached hydrogens (tertiary/aromatic N) is 2. The summed E-state index contributed by atoms with van der Waals surface area (Å²) in [5, 5.41) is 10.5. The maximum atomic E-state index is 11.3. The molecule has 6 heteroatoms.